The van der Waals surface area contributed by atoms with Crippen LogP contribution >= 0.6 is 0 Å². The molecular formula is C18H14N6O3. The number of nitrogens with zero attached hydrogens (tertiary/aromatic N) is 3. The van der Waals surface area contributed by atoms with E-state index in [1.54, 1.807) is 6.20 Å². The largest absolute Gasteiger partial charge is 0.397 e. The molecule has 0 aliphatic carbocycles. The standard InChI is InChI=1S/C18H14N6O3/c1-8-2-9-6-22-23-15(9)5-11(8)12-3-10(24(26)27)4-13-16(19)14(18(20)25)7-21-17(12)13/h2-7H,1H3,(H2,19,21)(H2,20,25)(H,22,23). The summed E-state index contributed by atoms with van der Waals surface area (Å²) in [6, 6.07) is 6.54. The van der Waals surface area contributed by atoms with Gasteiger partial charge in [-0.15, -0.1) is 0 Å². The van der Waals surface area contributed by atoms with E-state index in [9.17, 15) is 14.9 Å². The van der Waals surface area contributed by atoms with Crippen molar-refractivity contribution in [2.24, 2.45) is 5.73 Å². The Hall–Kier alpha value is -4.01. The number of benzene rings is 2. The molecule has 5 N–H and O–H groups in total. The molecule has 0 aliphatic heterocycles. The van der Waals surface area contributed by atoms with Crippen LogP contribution in [-0.2, 0) is 0 Å². The Morgan fingerprint density at radius 2 is 1.96 bits per heavy atom. The van der Waals surface area contributed by atoms with Gasteiger partial charge in [0, 0.05) is 34.7 Å². The highest BCUT2D eigenvalue weighted by Gasteiger charge is 2.20. The highest BCUT2D eigenvalue weighted by atomic mass is 16.6. The van der Waals surface area contributed by atoms with Crippen LogP contribution < -0.4 is 11.5 Å². The quantitative estimate of drug-likeness (QED) is 0.376. The molecule has 0 spiro atoms. The third-order valence-corrected chi connectivity index (χ3v) is 4.55. The molecule has 9 nitrogen and oxygen atoms in total. The molecule has 2 heterocycles. The molecule has 0 unspecified atom stereocenters. The number of anilines is 1. The van der Waals surface area contributed by atoms with Crippen molar-refractivity contribution < 1.29 is 9.72 Å². The molecule has 2 aromatic heterocycles. The lowest BCUT2D eigenvalue weighted by Crippen LogP contribution is -2.14. The Bertz CT molecular complexity index is 1260. The Morgan fingerprint density at radius 1 is 1.19 bits per heavy atom. The third-order valence-electron chi connectivity index (χ3n) is 4.55. The lowest BCUT2D eigenvalue weighted by Gasteiger charge is -2.12. The van der Waals surface area contributed by atoms with Crippen molar-refractivity contribution in [1.29, 1.82) is 0 Å². The van der Waals surface area contributed by atoms with Gasteiger partial charge >= 0.3 is 0 Å². The molecule has 0 fully saturated rings. The second kappa shape index (κ2) is 5.77. The maximum atomic E-state index is 11.6. The first kappa shape index (κ1) is 16.5. The number of nitro benzene ring substituents is 1. The summed E-state index contributed by atoms with van der Waals surface area (Å²) in [6.07, 6.45) is 2.99. The Kier molecular flexibility index (Phi) is 3.51. The number of aromatic amines is 1. The maximum Gasteiger partial charge on any atom is 0.270 e. The summed E-state index contributed by atoms with van der Waals surface area (Å²) in [5.41, 5.74) is 14.7. The molecule has 0 saturated carbocycles. The minimum atomic E-state index is -0.745. The van der Waals surface area contributed by atoms with Crippen LogP contribution in [0.15, 0.2) is 36.7 Å². The zero-order chi connectivity index (χ0) is 19.3. The predicted octanol–water partition coefficient (Wildman–Crippen LogP) is 2.68. The zero-order valence-electron chi connectivity index (χ0n) is 14.2. The fourth-order valence-corrected chi connectivity index (χ4v) is 3.21. The summed E-state index contributed by atoms with van der Waals surface area (Å²) in [6.45, 7) is 1.90. The summed E-state index contributed by atoms with van der Waals surface area (Å²) >= 11 is 0. The number of nitro groups is 1. The van der Waals surface area contributed by atoms with E-state index < -0.39 is 10.8 Å². The average molecular weight is 362 g/mol. The average Bonchev–Trinajstić information content (AvgIpc) is 3.07. The number of amides is 1. The van der Waals surface area contributed by atoms with Crippen LogP contribution in [0.2, 0.25) is 0 Å². The number of carbonyl (C=O) groups excluding carboxylic acids is 1. The zero-order valence-corrected chi connectivity index (χ0v) is 14.2. The first-order valence-electron chi connectivity index (χ1n) is 7.97. The van der Waals surface area contributed by atoms with Gasteiger partial charge in [0.2, 0.25) is 0 Å². The van der Waals surface area contributed by atoms with Crippen LogP contribution in [0.5, 0.6) is 0 Å². The van der Waals surface area contributed by atoms with Gasteiger partial charge in [0.05, 0.1) is 33.4 Å². The minimum absolute atomic E-state index is 0.0229. The molecule has 4 rings (SSSR count). The van der Waals surface area contributed by atoms with E-state index >= 15 is 0 Å². The smallest absolute Gasteiger partial charge is 0.270 e. The number of fused-ring (bicyclic) bond motifs is 2. The van der Waals surface area contributed by atoms with Gasteiger partial charge in [-0.2, -0.15) is 5.10 Å². The van der Waals surface area contributed by atoms with E-state index in [0.29, 0.717) is 16.5 Å². The second-order valence-corrected chi connectivity index (χ2v) is 6.22. The second-order valence-electron chi connectivity index (χ2n) is 6.22. The molecule has 0 aliphatic rings. The van der Waals surface area contributed by atoms with E-state index in [0.717, 1.165) is 22.0 Å². The molecule has 9 heteroatoms. The van der Waals surface area contributed by atoms with Crippen LogP contribution in [0.25, 0.3) is 32.9 Å². The molecule has 27 heavy (non-hydrogen) atoms. The van der Waals surface area contributed by atoms with Crippen LogP contribution in [-0.4, -0.2) is 26.0 Å². The molecular weight excluding hydrogens is 348 g/mol. The summed E-state index contributed by atoms with van der Waals surface area (Å²) in [4.78, 5) is 26.8. The first-order chi connectivity index (χ1) is 12.9. The number of H-pyrrole nitrogens is 1. The fraction of sp³-hybridized carbons (Fsp3) is 0.0556. The van der Waals surface area contributed by atoms with Crippen LogP contribution in [0.4, 0.5) is 11.4 Å². The molecule has 4 aromatic rings. The van der Waals surface area contributed by atoms with Crippen LogP contribution in [0.1, 0.15) is 15.9 Å². The highest BCUT2D eigenvalue weighted by molar-refractivity contribution is 6.09. The van der Waals surface area contributed by atoms with Crippen molar-refractivity contribution >= 4 is 39.1 Å². The van der Waals surface area contributed by atoms with Gasteiger partial charge in [-0.05, 0) is 30.2 Å². The number of carbonyl (C=O) groups is 1. The van der Waals surface area contributed by atoms with Gasteiger partial charge in [0.15, 0.2) is 0 Å². The lowest BCUT2D eigenvalue weighted by molar-refractivity contribution is -0.384. The molecule has 2 aromatic carbocycles. The number of non-ortho nitro benzene ring substituents is 1. The van der Waals surface area contributed by atoms with Gasteiger partial charge in [0.25, 0.3) is 11.6 Å². The highest BCUT2D eigenvalue weighted by Crippen LogP contribution is 2.37. The molecule has 0 atom stereocenters. The Balaban J connectivity index is 2.12. The fourth-order valence-electron chi connectivity index (χ4n) is 3.21. The molecule has 0 bridgehead atoms. The number of nitrogen functional groups attached to an aromatic ring is 1. The van der Waals surface area contributed by atoms with Gasteiger partial charge in [-0.1, -0.05) is 0 Å². The predicted molar refractivity (Wildman–Crippen MR) is 101 cm³/mol. The van der Waals surface area contributed by atoms with E-state index in [4.69, 9.17) is 11.5 Å². The van der Waals surface area contributed by atoms with Gasteiger partial charge in [-0.25, -0.2) is 0 Å². The summed E-state index contributed by atoms with van der Waals surface area (Å²) in [5, 5.41) is 19.6. The van der Waals surface area contributed by atoms with Gasteiger partial charge in [-0.3, -0.25) is 25.0 Å². The van der Waals surface area contributed by atoms with Crippen molar-refractivity contribution in [3.63, 3.8) is 0 Å². The van der Waals surface area contributed by atoms with Crippen molar-refractivity contribution in [1.82, 2.24) is 15.2 Å². The molecule has 134 valence electrons. The van der Waals surface area contributed by atoms with E-state index in [2.05, 4.69) is 15.2 Å². The maximum absolute atomic E-state index is 11.6. The monoisotopic (exact) mass is 362 g/mol. The van der Waals surface area contributed by atoms with Crippen molar-refractivity contribution in [2.45, 2.75) is 6.92 Å². The van der Waals surface area contributed by atoms with Crippen LogP contribution in [0.3, 0.4) is 0 Å². The number of nitrogens with two attached hydrogens (primary N) is 2. The van der Waals surface area contributed by atoms with E-state index in [1.807, 2.05) is 19.1 Å². The number of rotatable bonds is 3. The van der Waals surface area contributed by atoms with Crippen LogP contribution in [0, 0.1) is 17.0 Å². The van der Waals surface area contributed by atoms with E-state index in [-0.39, 0.29) is 16.9 Å². The van der Waals surface area contributed by atoms with E-state index in [1.165, 1.54) is 18.3 Å². The number of pyridine rings is 1. The lowest BCUT2D eigenvalue weighted by atomic mass is 9.95. The number of nitrogens with one attached hydrogen (secondary N) is 1. The third kappa shape index (κ3) is 2.53. The molecule has 0 radical (unpaired) electrons. The number of primary amides is 1. The van der Waals surface area contributed by atoms with Crippen molar-refractivity contribution in [2.75, 3.05) is 5.73 Å². The van der Waals surface area contributed by atoms with Gasteiger partial charge < -0.3 is 11.5 Å². The number of hydrogen-bond acceptors (Lipinski definition) is 6. The molecule has 1 amide bonds. The Morgan fingerprint density at radius 3 is 2.67 bits per heavy atom. The summed E-state index contributed by atoms with van der Waals surface area (Å²) in [5.74, 6) is -0.745. The minimum Gasteiger partial charge on any atom is -0.397 e. The Labute approximate surface area is 152 Å². The van der Waals surface area contributed by atoms with Crippen molar-refractivity contribution in [3.05, 3.63) is 57.9 Å². The SMILES string of the molecule is Cc1cc2cn[nH]c2cc1-c1cc([N+](=O)[O-])cc2c(N)c(C(N)=O)cnc12. The topological polar surface area (TPSA) is 154 Å². The number of aromatic nitrogens is 3. The number of aryl methyl sites for hydroxylation is 1. The summed E-state index contributed by atoms with van der Waals surface area (Å²) < 4.78 is 0. The first-order valence-corrected chi connectivity index (χ1v) is 7.97. The summed E-state index contributed by atoms with van der Waals surface area (Å²) in [7, 11) is 0. The normalized spacial score (nSPS) is 11.1. The number of hydrogen-bond donors (Lipinski definition) is 3. The molecule has 0 saturated heterocycles. The van der Waals surface area contributed by atoms with Crippen molar-refractivity contribution in [3.8, 4) is 11.1 Å². The van der Waals surface area contributed by atoms with Gasteiger partial charge in [0.1, 0.15) is 0 Å².